The van der Waals surface area contributed by atoms with E-state index in [4.69, 9.17) is 0 Å². The summed E-state index contributed by atoms with van der Waals surface area (Å²) >= 11 is 1.36. The summed E-state index contributed by atoms with van der Waals surface area (Å²) in [6.07, 6.45) is -0.380. The fourth-order valence-electron chi connectivity index (χ4n) is 1.58. The number of rotatable bonds is 6. The number of aliphatic carboxylic acids is 1. The molecule has 112 valence electrons. The summed E-state index contributed by atoms with van der Waals surface area (Å²) in [6, 6.07) is 6.24. The van der Waals surface area contributed by atoms with Crippen molar-refractivity contribution in [2.45, 2.75) is 18.2 Å². The summed E-state index contributed by atoms with van der Waals surface area (Å²) in [6.45, 7) is 1.59. The van der Waals surface area contributed by atoms with Crippen molar-refractivity contribution in [1.29, 1.82) is 0 Å². The molecular weight excluding hydrogens is 353 g/mol. The first-order chi connectivity index (χ1) is 9.88. The van der Waals surface area contributed by atoms with Gasteiger partial charge in [-0.05, 0) is 19.1 Å². The van der Waals surface area contributed by atoms with E-state index < -0.39 is 16.0 Å². The number of carbonyl (C=O) groups excluding carboxylic acids is 1. The average Bonchev–Trinajstić information content (AvgIpc) is 2.85. The van der Waals surface area contributed by atoms with Crippen LogP contribution >= 0.6 is 11.3 Å². The molecule has 0 unspecified atom stereocenters. The fraction of sp³-hybridized carbons (Fsp3) is 0.250. The molecule has 0 fully saturated rings. The molecule has 0 radical (unpaired) electrons. The Morgan fingerprint density at radius 1 is 1.36 bits per heavy atom. The molecule has 0 aliphatic carbocycles. The third kappa shape index (κ3) is 5.46. The molecule has 0 aliphatic rings. The van der Waals surface area contributed by atoms with Crippen LogP contribution in [0.5, 0.6) is 0 Å². The minimum atomic E-state index is -3.76. The van der Waals surface area contributed by atoms with Crippen LogP contribution in [-0.2, 0) is 14.8 Å². The number of hydrogen-bond donors (Lipinski definition) is 1. The first kappa shape index (κ1) is 19.8. The zero-order valence-corrected chi connectivity index (χ0v) is 16.8. The van der Waals surface area contributed by atoms with Gasteiger partial charge in [0.05, 0.1) is 4.90 Å². The monoisotopic (exact) mass is 365 g/mol. The van der Waals surface area contributed by atoms with E-state index in [-0.39, 0.29) is 69.2 Å². The number of nitrogens with zero attached hydrogens (tertiary/aromatic N) is 2. The Kier molecular flexibility index (Phi) is 7.75. The van der Waals surface area contributed by atoms with Crippen LogP contribution in [0.1, 0.15) is 11.4 Å². The number of hydrogen-bond acceptors (Lipinski definition) is 7. The van der Waals surface area contributed by atoms with Gasteiger partial charge in [0.15, 0.2) is 0 Å². The molecule has 1 heterocycles. The minimum absolute atomic E-state index is 0. The Morgan fingerprint density at radius 3 is 2.68 bits per heavy atom. The van der Waals surface area contributed by atoms with Gasteiger partial charge in [-0.1, -0.05) is 23.5 Å². The van der Waals surface area contributed by atoms with Gasteiger partial charge in [0.25, 0.3) is 0 Å². The van der Waals surface area contributed by atoms with E-state index in [2.05, 4.69) is 14.9 Å². The second-order valence-corrected chi connectivity index (χ2v) is 7.12. The molecule has 2 rings (SSSR count). The molecule has 1 N–H and O–H groups in total. The first-order valence-corrected chi connectivity index (χ1v) is 8.28. The third-order valence-electron chi connectivity index (χ3n) is 2.54. The number of aromatic nitrogens is 2. The molecule has 2 aromatic rings. The molecule has 7 nitrogen and oxygen atoms in total. The molecule has 0 atom stereocenters. The van der Waals surface area contributed by atoms with E-state index in [9.17, 15) is 18.3 Å². The summed E-state index contributed by atoms with van der Waals surface area (Å²) in [5, 5.41) is 19.6. The normalized spacial score (nSPS) is 11.0. The molecule has 22 heavy (non-hydrogen) atoms. The maximum absolute atomic E-state index is 12.0. The Bertz CT molecular complexity index is 761. The number of sulfonamides is 1. The number of carboxylic acid groups (broad SMARTS) is 1. The van der Waals surface area contributed by atoms with E-state index in [1.165, 1.54) is 23.5 Å². The number of carboxylic acids is 1. The van der Waals surface area contributed by atoms with Crippen LogP contribution in [0, 0.1) is 6.92 Å². The number of aryl methyl sites for hydroxylation is 1. The van der Waals surface area contributed by atoms with Gasteiger partial charge in [-0.25, -0.2) is 13.1 Å². The van der Waals surface area contributed by atoms with E-state index in [1.807, 2.05) is 6.92 Å². The molecule has 10 heteroatoms. The summed E-state index contributed by atoms with van der Waals surface area (Å²) in [4.78, 5) is 10.4. The van der Waals surface area contributed by atoms with E-state index in [0.29, 0.717) is 10.6 Å². The fourth-order valence-corrected chi connectivity index (χ4v) is 3.35. The number of benzene rings is 1. The van der Waals surface area contributed by atoms with Crippen molar-refractivity contribution in [2.75, 3.05) is 6.54 Å². The van der Waals surface area contributed by atoms with Gasteiger partial charge in [-0.15, -0.1) is 10.2 Å². The van der Waals surface area contributed by atoms with Crippen LogP contribution in [0.2, 0.25) is 0 Å². The zero-order chi connectivity index (χ0) is 15.5. The predicted octanol–water partition coefficient (Wildman–Crippen LogP) is -3.06. The van der Waals surface area contributed by atoms with Crippen molar-refractivity contribution in [3.8, 4) is 10.6 Å². The van der Waals surface area contributed by atoms with E-state index >= 15 is 0 Å². The first-order valence-electron chi connectivity index (χ1n) is 5.98. The van der Waals surface area contributed by atoms with E-state index in [0.717, 1.165) is 5.01 Å². The minimum Gasteiger partial charge on any atom is -0.550 e. The van der Waals surface area contributed by atoms with Crippen molar-refractivity contribution in [2.24, 2.45) is 0 Å². The second kappa shape index (κ2) is 8.59. The number of carbonyl (C=O) groups is 1. The van der Waals surface area contributed by atoms with Gasteiger partial charge < -0.3 is 9.90 Å². The molecule has 1 aromatic carbocycles. The van der Waals surface area contributed by atoms with Crippen LogP contribution in [0.4, 0.5) is 0 Å². The molecular formula is C12H12KN3O4S2. The third-order valence-corrected chi connectivity index (χ3v) is 4.88. The van der Waals surface area contributed by atoms with Gasteiger partial charge in [0.2, 0.25) is 10.0 Å². The molecule has 0 spiro atoms. The zero-order valence-electron chi connectivity index (χ0n) is 12.1. The van der Waals surface area contributed by atoms with Gasteiger partial charge >= 0.3 is 51.4 Å². The smallest absolute Gasteiger partial charge is 0.550 e. The molecule has 0 amide bonds. The van der Waals surface area contributed by atoms with E-state index in [1.54, 1.807) is 12.1 Å². The van der Waals surface area contributed by atoms with Crippen LogP contribution in [0.15, 0.2) is 29.2 Å². The maximum atomic E-state index is 12.0. The molecule has 0 bridgehead atoms. The largest absolute Gasteiger partial charge is 1.00 e. The van der Waals surface area contributed by atoms with Gasteiger partial charge in [-0.2, -0.15) is 0 Å². The molecule has 0 saturated carbocycles. The number of nitrogens with one attached hydrogen (secondary N) is 1. The Labute approximate surface area is 174 Å². The van der Waals surface area contributed by atoms with Gasteiger partial charge in [0, 0.05) is 24.5 Å². The van der Waals surface area contributed by atoms with Crippen LogP contribution in [-0.4, -0.2) is 31.1 Å². The van der Waals surface area contributed by atoms with Crippen molar-refractivity contribution in [3.05, 3.63) is 29.3 Å². The van der Waals surface area contributed by atoms with Crippen molar-refractivity contribution in [3.63, 3.8) is 0 Å². The summed E-state index contributed by atoms with van der Waals surface area (Å²) in [5.74, 6) is -1.31. The Hall–Kier alpha value is -0.204. The van der Waals surface area contributed by atoms with Crippen LogP contribution in [0.25, 0.3) is 10.6 Å². The summed E-state index contributed by atoms with van der Waals surface area (Å²) in [7, 11) is -3.76. The topological polar surface area (TPSA) is 112 Å². The Balaban J connectivity index is 0.00000242. The van der Waals surface area contributed by atoms with Gasteiger partial charge in [-0.3, -0.25) is 0 Å². The van der Waals surface area contributed by atoms with Crippen molar-refractivity contribution < 1.29 is 69.7 Å². The summed E-state index contributed by atoms with van der Waals surface area (Å²) < 4.78 is 26.3. The Morgan fingerprint density at radius 2 is 2.09 bits per heavy atom. The molecule has 0 aliphatic heterocycles. The SMILES string of the molecule is Cc1nnc(-c2cccc(S(=O)(=O)NCCC(=O)[O-])c2)s1.[K+]. The van der Waals surface area contributed by atoms with Crippen LogP contribution in [0.3, 0.4) is 0 Å². The second-order valence-electron chi connectivity index (χ2n) is 4.17. The molecule has 0 saturated heterocycles. The quantitative estimate of drug-likeness (QED) is 0.544. The van der Waals surface area contributed by atoms with Crippen molar-refractivity contribution >= 4 is 27.3 Å². The average molecular weight is 365 g/mol. The summed E-state index contributed by atoms with van der Waals surface area (Å²) in [5.41, 5.74) is 0.642. The predicted molar refractivity (Wildman–Crippen MR) is 74.9 cm³/mol. The standard InChI is InChI=1S/C12H13N3O4S2.K/c1-8-14-15-12(20-8)9-3-2-4-10(7-9)21(18,19)13-6-5-11(16)17;/h2-4,7,13H,5-6H2,1H3,(H,16,17);/q;+1/p-1. The van der Waals surface area contributed by atoms with Crippen molar-refractivity contribution in [1.82, 2.24) is 14.9 Å². The maximum Gasteiger partial charge on any atom is 1.00 e. The van der Waals surface area contributed by atoms with Gasteiger partial charge in [0.1, 0.15) is 10.0 Å². The van der Waals surface area contributed by atoms with Crippen LogP contribution < -0.4 is 61.2 Å². The molecule has 1 aromatic heterocycles.